The Morgan fingerprint density at radius 1 is 1.35 bits per heavy atom. The fraction of sp³-hybridized carbons (Fsp3) is 0.350. The van der Waals surface area contributed by atoms with E-state index >= 15 is 0 Å². The normalized spacial score (nSPS) is 20.3. The van der Waals surface area contributed by atoms with Crippen molar-refractivity contribution in [2.24, 2.45) is 0 Å². The van der Waals surface area contributed by atoms with E-state index in [0.29, 0.717) is 30.1 Å². The molecule has 2 aromatic carbocycles. The average molecular weight is 421 g/mol. The molecule has 0 aromatic heterocycles. The molecule has 0 amide bonds. The van der Waals surface area contributed by atoms with Gasteiger partial charge in [-0.15, -0.1) is 0 Å². The lowest BCUT2D eigenvalue weighted by atomic mass is 9.98. The number of benzene rings is 2. The molecule has 0 saturated heterocycles. The van der Waals surface area contributed by atoms with Gasteiger partial charge in [-0.25, -0.2) is 4.39 Å². The predicted octanol–water partition coefficient (Wildman–Crippen LogP) is 4.69. The topological polar surface area (TPSA) is 44.8 Å². The summed E-state index contributed by atoms with van der Waals surface area (Å²) in [6.45, 7) is 0.446. The van der Waals surface area contributed by atoms with Gasteiger partial charge in [-0.1, -0.05) is 22.0 Å². The van der Waals surface area contributed by atoms with E-state index in [0.717, 1.165) is 28.4 Å². The van der Waals surface area contributed by atoms with Crippen molar-refractivity contribution >= 4 is 21.9 Å². The summed E-state index contributed by atoms with van der Waals surface area (Å²) in [6, 6.07) is 8.79. The molecule has 26 heavy (non-hydrogen) atoms. The third-order valence-corrected chi connectivity index (χ3v) is 5.75. The SMILES string of the molecule is COC(=O)CC1COc2cc(O[C@@H]3CCc4c(Br)ccc(F)c43)ccc21. The van der Waals surface area contributed by atoms with Gasteiger partial charge in [0.25, 0.3) is 0 Å². The van der Waals surface area contributed by atoms with Crippen molar-refractivity contribution in [3.63, 3.8) is 0 Å². The van der Waals surface area contributed by atoms with E-state index in [-0.39, 0.29) is 23.8 Å². The standard InChI is InChI=1S/C20H18BrFO4/c1-24-19(23)8-11-10-25-18-9-12(2-3-13(11)18)26-17-7-4-14-15(21)5-6-16(22)20(14)17/h2-3,5-6,9,11,17H,4,7-8,10H2,1H3/t11?,17-/m1/s1. The maximum atomic E-state index is 14.3. The summed E-state index contributed by atoms with van der Waals surface area (Å²) in [4.78, 5) is 11.5. The van der Waals surface area contributed by atoms with Gasteiger partial charge in [0.2, 0.25) is 0 Å². The van der Waals surface area contributed by atoms with Crippen LogP contribution >= 0.6 is 15.9 Å². The highest BCUT2D eigenvalue weighted by Gasteiger charge is 2.31. The van der Waals surface area contributed by atoms with E-state index in [1.54, 1.807) is 6.07 Å². The number of ether oxygens (including phenoxy) is 3. The molecule has 1 aliphatic heterocycles. The zero-order valence-corrected chi connectivity index (χ0v) is 15.8. The number of fused-ring (bicyclic) bond motifs is 2. The van der Waals surface area contributed by atoms with Gasteiger partial charge in [0.05, 0.1) is 20.1 Å². The minimum absolute atomic E-state index is 0.00731. The minimum atomic E-state index is -0.312. The van der Waals surface area contributed by atoms with Gasteiger partial charge in [-0.05, 0) is 36.6 Å². The summed E-state index contributed by atoms with van der Waals surface area (Å²) in [6.07, 6.45) is 1.49. The Morgan fingerprint density at radius 2 is 2.19 bits per heavy atom. The summed E-state index contributed by atoms with van der Waals surface area (Å²) in [5, 5.41) is 0. The predicted molar refractivity (Wildman–Crippen MR) is 97.1 cm³/mol. The maximum absolute atomic E-state index is 14.3. The van der Waals surface area contributed by atoms with Gasteiger partial charge < -0.3 is 14.2 Å². The van der Waals surface area contributed by atoms with Crippen LogP contribution in [-0.2, 0) is 16.0 Å². The summed E-state index contributed by atoms with van der Waals surface area (Å²) in [5.74, 6) is 0.854. The molecule has 1 aliphatic carbocycles. The zero-order valence-electron chi connectivity index (χ0n) is 14.3. The van der Waals surface area contributed by atoms with Crippen molar-refractivity contribution < 1.29 is 23.4 Å². The first-order valence-corrected chi connectivity index (χ1v) is 9.33. The summed E-state index contributed by atoms with van der Waals surface area (Å²) in [5.41, 5.74) is 2.58. The van der Waals surface area contributed by atoms with Crippen molar-refractivity contribution in [3.05, 3.63) is 57.3 Å². The second-order valence-corrected chi connectivity index (χ2v) is 7.41. The van der Waals surface area contributed by atoms with Crippen molar-refractivity contribution in [1.82, 2.24) is 0 Å². The van der Waals surface area contributed by atoms with Crippen LogP contribution in [0.25, 0.3) is 0 Å². The van der Waals surface area contributed by atoms with Crippen LogP contribution in [0.1, 0.15) is 41.6 Å². The number of rotatable bonds is 4. The lowest BCUT2D eigenvalue weighted by Crippen LogP contribution is -2.09. The summed E-state index contributed by atoms with van der Waals surface area (Å²) >= 11 is 3.49. The number of carbonyl (C=O) groups is 1. The lowest BCUT2D eigenvalue weighted by molar-refractivity contribution is -0.141. The molecule has 0 bridgehead atoms. The number of esters is 1. The second kappa shape index (κ2) is 6.91. The molecule has 6 heteroatoms. The van der Waals surface area contributed by atoms with Crippen molar-refractivity contribution in [2.45, 2.75) is 31.3 Å². The number of carbonyl (C=O) groups excluding carboxylic acids is 1. The Bertz CT molecular complexity index is 867. The van der Waals surface area contributed by atoms with Crippen LogP contribution in [0.15, 0.2) is 34.8 Å². The van der Waals surface area contributed by atoms with Crippen molar-refractivity contribution in [1.29, 1.82) is 0 Å². The molecular formula is C20H18BrFO4. The monoisotopic (exact) mass is 420 g/mol. The van der Waals surface area contributed by atoms with E-state index in [1.165, 1.54) is 13.2 Å². The van der Waals surface area contributed by atoms with Crippen LogP contribution < -0.4 is 9.47 Å². The van der Waals surface area contributed by atoms with Crippen molar-refractivity contribution in [2.75, 3.05) is 13.7 Å². The Kier molecular flexibility index (Phi) is 4.61. The number of hydrogen-bond donors (Lipinski definition) is 0. The Labute approximate surface area is 159 Å². The molecule has 4 nitrogen and oxygen atoms in total. The van der Waals surface area contributed by atoms with Crippen LogP contribution in [0.5, 0.6) is 11.5 Å². The molecule has 1 unspecified atom stereocenters. The van der Waals surface area contributed by atoms with E-state index in [2.05, 4.69) is 15.9 Å². The van der Waals surface area contributed by atoms with Gasteiger partial charge in [0, 0.05) is 27.6 Å². The first-order valence-electron chi connectivity index (χ1n) is 8.54. The Balaban J connectivity index is 1.54. The zero-order chi connectivity index (χ0) is 18.3. The fourth-order valence-electron chi connectivity index (χ4n) is 3.70. The Hall–Kier alpha value is -2.08. The molecule has 0 saturated carbocycles. The number of hydrogen-bond acceptors (Lipinski definition) is 4. The highest BCUT2D eigenvalue weighted by molar-refractivity contribution is 9.10. The highest BCUT2D eigenvalue weighted by Crippen LogP contribution is 2.43. The smallest absolute Gasteiger partial charge is 0.306 e. The van der Waals surface area contributed by atoms with Crippen molar-refractivity contribution in [3.8, 4) is 11.5 Å². The largest absolute Gasteiger partial charge is 0.492 e. The quantitative estimate of drug-likeness (QED) is 0.672. The van der Waals surface area contributed by atoms with Crippen LogP contribution in [0.4, 0.5) is 4.39 Å². The Morgan fingerprint density at radius 3 is 3.00 bits per heavy atom. The van der Waals surface area contributed by atoms with Gasteiger partial charge in [0.15, 0.2) is 0 Å². The molecule has 2 atom stereocenters. The summed E-state index contributed by atoms with van der Waals surface area (Å²) < 4.78 is 31.7. The van der Waals surface area contributed by atoms with E-state index < -0.39 is 0 Å². The maximum Gasteiger partial charge on any atom is 0.306 e. The average Bonchev–Trinajstić information content (AvgIpc) is 3.23. The molecule has 0 spiro atoms. The highest BCUT2D eigenvalue weighted by atomic mass is 79.9. The third kappa shape index (κ3) is 3.07. The van der Waals surface area contributed by atoms with E-state index in [4.69, 9.17) is 14.2 Å². The minimum Gasteiger partial charge on any atom is -0.492 e. The first-order chi connectivity index (χ1) is 12.6. The molecule has 2 aromatic rings. The lowest BCUT2D eigenvalue weighted by Gasteiger charge is -2.16. The van der Waals surface area contributed by atoms with Gasteiger partial charge >= 0.3 is 5.97 Å². The molecule has 2 aliphatic rings. The van der Waals surface area contributed by atoms with Gasteiger partial charge in [-0.3, -0.25) is 4.79 Å². The van der Waals surface area contributed by atoms with Crippen LogP contribution in [0.3, 0.4) is 0 Å². The fourth-order valence-corrected chi connectivity index (χ4v) is 4.24. The molecule has 1 heterocycles. The molecular weight excluding hydrogens is 403 g/mol. The van der Waals surface area contributed by atoms with Crippen LogP contribution in [0.2, 0.25) is 0 Å². The molecule has 4 rings (SSSR count). The number of methoxy groups -OCH3 is 1. The van der Waals surface area contributed by atoms with Crippen LogP contribution in [-0.4, -0.2) is 19.7 Å². The second-order valence-electron chi connectivity index (χ2n) is 6.55. The van der Waals surface area contributed by atoms with E-state index in [1.807, 2.05) is 18.2 Å². The molecule has 0 fully saturated rings. The molecule has 0 radical (unpaired) electrons. The van der Waals surface area contributed by atoms with Crippen LogP contribution in [0, 0.1) is 5.82 Å². The van der Waals surface area contributed by atoms with E-state index in [9.17, 15) is 9.18 Å². The first kappa shape index (κ1) is 17.3. The number of halogens is 2. The van der Waals surface area contributed by atoms with Gasteiger partial charge in [-0.2, -0.15) is 0 Å². The third-order valence-electron chi connectivity index (χ3n) is 5.01. The molecule has 136 valence electrons. The summed E-state index contributed by atoms with van der Waals surface area (Å²) in [7, 11) is 1.38. The van der Waals surface area contributed by atoms with Gasteiger partial charge in [0.1, 0.15) is 23.4 Å². The molecule has 0 N–H and O–H groups in total.